The Hall–Kier alpha value is -7.28. The first-order valence-electron chi connectivity index (χ1n) is 27.8. The number of hydrogen-bond acceptors (Lipinski definition) is 16. The number of carbonyl (C=O) groups excluding carboxylic acids is 2. The van der Waals surface area contributed by atoms with Gasteiger partial charge in [-0.05, 0) is 126 Å². The molecule has 3 saturated heterocycles. The Morgan fingerprint density at radius 2 is 1.80 bits per heavy atom. The van der Waals surface area contributed by atoms with Crippen LogP contribution in [0.4, 0.5) is 19.6 Å². The van der Waals surface area contributed by atoms with Crippen molar-refractivity contribution in [1.82, 2.24) is 34.6 Å². The number of cyclic esters (lactones) is 1. The van der Waals surface area contributed by atoms with Gasteiger partial charge < -0.3 is 44.7 Å². The number of rotatable bonds is 15. The molecule has 0 spiro atoms. The summed E-state index contributed by atoms with van der Waals surface area (Å²) in [7, 11) is 1.89. The summed E-state index contributed by atoms with van der Waals surface area (Å²) in [5.74, 6) is -1.55. The van der Waals surface area contributed by atoms with E-state index in [2.05, 4.69) is 22.9 Å². The van der Waals surface area contributed by atoms with E-state index < -0.39 is 29.8 Å². The van der Waals surface area contributed by atoms with Crippen LogP contribution in [-0.2, 0) is 33.9 Å². The van der Waals surface area contributed by atoms with E-state index in [4.69, 9.17) is 46.5 Å². The molecule has 2 atom stereocenters. The zero-order valence-electron chi connectivity index (χ0n) is 45.7. The highest BCUT2D eigenvalue weighted by Crippen LogP contribution is 2.47. The number of nitriles is 1. The van der Waals surface area contributed by atoms with Crippen molar-refractivity contribution >= 4 is 77.5 Å². The molecular formula is C60H63ClF2N10O7S. The number of fused-ring (bicyclic) bond motifs is 8. The lowest BCUT2D eigenvalue weighted by Crippen LogP contribution is -2.50. The molecule has 1 amide bonds. The second-order valence-electron chi connectivity index (χ2n) is 21.1. The first kappa shape index (κ1) is 55.6. The number of aliphatic hydroxyl groups is 1. The molecule has 5 aliphatic heterocycles. The predicted octanol–water partition coefficient (Wildman–Crippen LogP) is 9.36. The maximum atomic E-state index is 17.5. The number of aryl methyl sites for hydroxylation is 1. The van der Waals surface area contributed by atoms with Crippen LogP contribution in [0.1, 0.15) is 99.6 Å². The minimum Gasteiger partial charge on any atom is -0.486 e. The lowest BCUT2D eigenvalue weighted by atomic mass is 9.95. The monoisotopic (exact) mass is 1140 g/mol. The number of nitrogens with zero attached hydrogens (tertiary/aromatic N) is 8. The number of aliphatic hydroxyl groups excluding tert-OH is 1. The number of nitrogen functional groups attached to an aromatic ring is 1. The van der Waals surface area contributed by atoms with Gasteiger partial charge in [0.1, 0.15) is 53.3 Å². The molecule has 3 fully saturated rings. The van der Waals surface area contributed by atoms with Crippen molar-refractivity contribution in [2.75, 3.05) is 70.1 Å². The first-order chi connectivity index (χ1) is 39.2. The van der Waals surface area contributed by atoms with Gasteiger partial charge in [-0.1, -0.05) is 45.0 Å². The standard InChI is InChI=1S/C58H57ClF2N10O7S.C2H6/c1-4-32-34-23-31(10-13-42(34)65-48-38(32)27-71-43(48)25-35-39(55(71)74)28-76-56(75)50(35)72)78-44(9-5-6-16-64-3)30(2)54(73)69-21-19-68(20-22-69)53-36-24-40(59)46(33-11-12-41(60)51-45(33)37(26-62)52(63)79-51)47(61)49(36)66-57(67-53)77-29-58-14-7-17-70(58)18-8-15-58;1-2/h10-13,23-25,44,50,64,72H,2,4-9,14-22,27-29,63H2,1,3H3;1-2H3. The van der Waals surface area contributed by atoms with E-state index in [1.54, 1.807) is 21.6 Å². The van der Waals surface area contributed by atoms with Gasteiger partial charge in [0.15, 0.2) is 11.9 Å². The number of anilines is 2. The van der Waals surface area contributed by atoms with Crippen LogP contribution >= 0.6 is 22.9 Å². The van der Waals surface area contributed by atoms with Crippen molar-refractivity contribution in [3.63, 3.8) is 0 Å². The Morgan fingerprint density at radius 3 is 2.53 bits per heavy atom. The van der Waals surface area contributed by atoms with Crippen LogP contribution in [0.3, 0.4) is 0 Å². The highest BCUT2D eigenvalue weighted by Gasteiger charge is 2.45. The molecule has 3 aromatic carbocycles. The average molecular weight is 1140 g/mol. The number of aromatic nitrogens is 4. The number of nitrogens with two attached hydrogens (primary N) is 1. The molecule has 0 saturated carbocycles. The third-order valence-corrected chi connectivity index (χ3v) is 18.0. The zero-order chi connectivity index (χ0) is 57.0. The summed E-state index contributed by atoms with van der Waals surface area (Å²) in [6.07, 6.45) is 4.50. The SMILES string of the molecule is C=C(C(=O)N1CCN(c2nc(OCC34CCCN3CCC4)nc3c(F)c(-c4ccc(F)c5sc(N)c(C#N)c45)c(Cl)cc23)CC1)C(CCCCNC)Oc1ccc2nc3c(c(CC)c2c1)Cn1c-3cc2c(c1=O)COC(=O)C2O.CC. The van der Waals surface area contributed by atoms with Gasteiger partial charge in [-0.2, -0.15) is 15.2 Å². The van der Waals surface area contributed by atoms with Crippen LogP contribution in [0.2, 0.25) is 5.02 Å². The number of nitrogens with one attached hydrogen (secondary N) is 1. The minimum atomic E-state index is -1.56. The van der Waals surface area contributed by atoms with Gasteiger partial charge >= 0.3 is 12.0 Å². The van der Waals surface area contributed by atoms with Gasteiger partial charge in [-0.3, -0.25) is 14.5 Å². The predicted molar refractivity (Wildman–Crippen MR) is 309 cm³/mol. The van der Waals surface area contributed by atoms with Crippen molar-refractivity contribution in [3.05, 3.63) is 109 Å². The average Bonchev–Trinajstić information content (AvgIpc) is 3.78. The highest BCUT2D eigenvalue weighted by molar-refractivity contribution is 7.23. The van der Waals surface area contributed by atoms with E-state index in [1.807, 2.05) is 50.9 Å². The fourth-order valence-electron chi connectivity index (χ4n) is 12.6. The molecule has 0 radical (unpaired) electrons. The summed E-state index contributed by atoms with van der Waals surface area (Å²) in [5.41, 5.74) is 10.2. The summed E-state index contributed by atoms with van der Waals surface area (Å²) in [6, 6.07) is 13.5. The lowest BCUT2D eigenvalue weighted by molar-refractivity contribution is -0.157. The van der Waals surface area contributed by atoms with Gasteiger partial charge in [0.25, 0.3) is 11.5 Å². The van der Waals surface area contributed by atoms with E-state index in [-0.39, 0.29) is 103 Å². The molecule has 17 nitrogen and oxygen atoms in total. The minimum absolute atomic E-state index is 0.00234. The van der Waals surface area contributed by atoms with Crippen LogP contribution in [0, 0.1) is 23.0 Å². The molecular weight excluding hydrogens is 1080 g/mol. The summed E-state index contributed by atoms with van der Waals surface area (Å²) in [6.45, 7) is 14.7. The Balaban J connectivity index is 0.00000341. The molecule has 81 heavy (non-hydrogen) atoms. The largest absolute Gasteiger partial charge is 0.486 e. The molecule has 4 N–H and O–H groups in total. The summed E-state index contributed by atoms with van der Waals surface area (Å²) in [4.78, 5) is 61.4. The summed E-state index contributed by atoms with van der Waals surface area (Å²) in [5, 5.41) is 25.3. The molecule has 0 bridgehead atoms. The summed E-state index contributed by atoms with van der Waals surface area (Å²) < 4.78 is 52.8. The molecule has 2 unspecified atom stereocenters. The van der Waals surface area contributed by atoms with Crippen molar-refractivity contribution in [2.24, 2.45) is 0 Å². The Labute approximate surface area is 475 Å². The third kappa shape index (κ3) is 9.69. The molecule has 422 valence electrons. The topological polar surface area (TPSA) is 214 Å². The number of hydrogen-bond donors (Lipinski definition) is 3. The molecule has 7 aromatic rings. The smallest absolute Gasteiger partial charge is 0.340 e. The fourth-order valence-corrected chi connectivity index (χ4v) is 13.9. The van der Waals surface area contributed by atoms with Crippen LogP contribution in [0.15, 0.2) is 59.4 Å². The van der Waals surface area contributed by atoms with Crippen LogP contribution in [0.25, 0.3) is 54.4 Å². The third-order valence-electron chi connectivity index (χ3n) is 16.7. The highest BCUT2D eigenvalue weighted by atomic mass is 35.5. The van der Waals surface area contributed by atoms with E-state index in [0.29, 0.717) is 72.0 Å². The first-order valence-corrected chi connectivity index (χ1v) is 29.0. The van der Waals surface area contributed by atoms with Crippen molar-refractivity contribution in [1.29, 1.82) is 5.26 Å². The van der Waals surface area contributed by atoms with Crippen molar-refractivity contribution in [3.8, 4) is 40.3 Å². The van der Waals surface area contributed by atoms with Gasteiger partial charge in [0.05, 0.1) is 55.4 Å². The van der Waals surface area contributed by atoms with Gasteiger partial charge in [-0.15, -0.1) is 11.3 Å². The molecule has 0 aliphatic carbocycles. The van der Waals surface area contributed by atoms with Gasteiger partial charge in [-0.25, -0.2) is 18.6 Å². The number of carbonyl (C=O) groups is 2. The van der Waals surface area contributed by atoms with Crippen molar-refractivity contribution < 1.29 is 37.7 Å². The lowest BCUT2D eigenvalue weighted by Gasteiger charge is -2.37. The molecule has 12 rings (SSSR count). The number of pyridine rings is 2. The summed E-state index contributed by atoms with van der Waals surface area (Å²) >= 11 is 7.95. The Kier molecular flexibility index (Phi) is 15.5. The Bertz CT molecular complexity index is 3810. The normalized spacial score (nSPS) is 17.5. The second kappa shape index (κ2) is 22.6. The van der Waals surface area contributed by atoms with E-state index in [9.17, 15) is 24.8 Å². The molecule has 9 heterocycles. The van der Waals surface area contributed by atoms with E-state index in [1.165, 1.54) is 12.1 Å². The van der Waals surface area contributed by atoms with Gasteiger partial charge in [0, 0.05) is 59.0 Å². The number of benzene rings is 3. The van der Waals surface area contributed by atoms with Gasteiger partial charge in [0.2, 0.25) is 0 Å². The number of unbranched alkanes of at least 4 members (excludes halogenated alkanes) is 1. The molecule has 5 aliphatic rings. The van der Waals surface area contributed by atoms with Crippen LogP contribution in [-0.4, -0.2) is 117 Å². The number of ether oxygens (including phenoxy) is 3. The molecule has 21 heteroatoms. The Morgan fingerprint density at radius 1 is 1.04 bits per heavy atom. The quantitative estimate of drug-likeness (QED) is 0.0495. The number of halogens is 3. The van der Waals surface area contributed by atoms with E-state index in [0.717, 1.165) is 86.0 Å². The van der Waals surface area contributed by atoms with Crippen LogP contribution in [0.5, 0.6) is 11.8 Å². The number of amides is 1. The second-order valence-corrected chi connectivity index (χ2v) is 22.5. The zero-order valence-corrected chi connectivity index (χ0v) is 47.3. The number of esters is 1. The molecule has 4 aromatic heterocycles. The maximum absolute atomic E-state index is 17.5. The number of piperazine rings is 1. The van der Waals surface area contributed by atoms with E-state index >= 15 is 8.78 Å². The van der Waals surface area contributed by atoms with Crippen molar-refractivity contribution in [2.45, 2.75) is 103 Å². The number of thiophene rings is 1. The van der Waals surface area contributed by atoms with Crippen LogP contribution < -0.4 is 31.0 Å². The maximum Gasteiger partial charge on any atom is 0.340 e. The fraction of sp³-hybridized carbons (Fsp3) is 0.417.